The largest absolute Gasteiger partial charge is 0.494 e. The van der Waals surface area contributed by atoms with Gasteiger partial charge in [-0.1, -0.05) is 33.1 Å². The molecule has 1 aromatic carbocycles. The third-order valence-corrected chi connectivity index (χ3v) is 7.04. The molecule has 1 saturated carbocycles. The average molecular weight is 416 g/mol. The topological polar surface area (TPSA) is 38.8 Å². The molecule has 0 bridgehead atoms. The molecule has 0 aromatic heterocycles. The van der Waals surface area contributed by atoms with Crippen LogP contribution in [0.25, 0.3) is 0 Å². The Morgan fingerprint density at radius 1 is 1.07 bits per heavy atom. The van der Waals surface area contributed by atoms with Gasteiger partial charge in [-0.15, -0.1) is 0 Å². The van der Waals surface area contributed by atoms with Crippen LogP contribution in [0.3, 0.4) is 0 Å². The van der Waals surface area contributed by atoms with Crippen molar-refractivity contribution in [3.8, 4) is 5.75 Å². The number of unbranched alkanes of at least 4 members (excludes halogenated alkanes) is 2. The Hall–Kier alpha value is -1.55. The summed E-state index contributed by atoms with van der Waals surface area (Å²) in [7, 11) is 3.53. The highest BCUT2D eigenvalue weighted by Gasteiger charge is 2.43. The zero-order chi connectivity index (χ0) is 21.6. The molecule has 1 heterocycles. The zero-order valence-electron chi connectivity index (χ0n) is 19.5. The van der Waals surface area contributed by atoms with Crippen molar-refractivity contribution in [2.24, 2.45) is 11.3 Å². The van der Waals surface area contributed by atoms with Gasteiger partial charge < -0.3 is 14.4 Å². The average Bonchev–Trinajstić information content (AvgIpc) is 2.71. The van der Waals surface area contributed by atoms with Gasteiger partial charge in [0, 0.05) is 26.3 Å². The fourth-order valence-electron chi connectivity index (χ4n) is 5.22. The minimum absolute atomic E-state index is 0.0222. The number of ether oxygens (including phenoxy) is 2. The lowest BCUT2D eigenvalue weighted by molar-refractivity contribution is -0.141. The maximum absolute atomic E-state index is 11.9. The lowest BCUT2D eigenvalue weighted by Crippen LogP contribution is -2.45. The van der Waals surface area contributed by atoms with Crippen molar-refractivity contribution >= 4 is 5.91 Å². The van der Waals surface area contributed by atoms with Crippen molar-refractivity contribution in [1.82, 2.24) is 4.90 Å². The summed E-state index contributed by atoms with van der Waals surface area (Å²) in [6, 6.07) is 7.46. The van der Waals surface area contributed by atoms with Crippen LogP contribution in [0.4, 0.5) is 0 Å². The molecule has 0 unspecified atom stereocenters. The van der Waals surface area contributed by atoms with E-state index in [9.17, 15) is 4.79 Å². The Labute approximate surface area is 183 Å². The maximum Gasteiger partial charge on any atom is 0.253 e. The van der Waals surface area contributed by atoms with Crippen LogP contribution in [0.1, 0.15) is 88.4 Å². The predicted octanol–water partition coefficient (Wildman–Crippen LogP) is 6.09. The molecule has 2 fully saturated rings. The highest BCUT2D eigenvalue weighted by atomic mass is 16.5. The minimum Gasteiger partial charge on any atom is -0.494 e. The van der Waals surface area contributed by atoms with Crippen molar-refractivity contribution in [1.29, 1.82) is 0 Å². The smallest absolute Gasteiger partial charge is 0.253 e. The number of rotatable bonds is 8. The highest BCUT2D eigenvalue weighted by Crippen LogP contribution is 2.47. The van der Waals surface area contributed by atoms with E-state index < -0.39 is 0 Å². The number of benzene rings is 1. The first kappa shape index (κ1) is 23.1. The van der Waals surface area contributed by atoms with Crippen LogP contribution in [-0.2, 0) is 4.74 Å². The molecule has 1 aromatic rings. The molecule has 4 nitrogen and oxygen atoms in total. The van der Waals surface area contributed by atoms with E-state index in [4.69, 9.17) is 9.47 Å². The Morgan fingerprint density at radius 2 is 1.77 bits per heavy atom. The van der Waals surface area contributed by atoms with Crippen LogP contribution >= 0.6 is 0 Å². The van der Waals surface area contributed by atoms with E-state index in [1.807, 2.05) is 24.3 Å². The molecule has 0 N–H and O–H groups in total. The van der Waals surface area contributed by atoms with Crippen LogP contribution in [-0.4, -0.2) is 43.7 Å². The summed E-state index contributed by atoms with van der Waals surface area (Å²) in [5.74, 6) is 1.75. The van der Waals surface area contributed by atoms with Crippen LogP contribution in [0.5, 0.6) is 5.75 Å². The molecule has 3 rings (SSSR count). The van der Waals surface area contributed by atoms with Crippen molar-refractivity contribution in [2.45, 2.75) is 83.7 Å². The van der Waals surface area contributed by atoms with E-state index in [1.165, 1.54) is 57.8 Å². The number of carbonyl (C=O) groups is 1. The van der Waals surface area contributed by atoms with Gasteiger partial charge >= 0.3 is 0 Å². The molecular formula is C26H41NO3. The maximum atomic E-state index is 11.9. The Balaban J connectivity index is 1.27. The van der Waals surface area contributed by atoms with Crippen molar-refractivity contribution in [3.05, 3.63) is 29.8 Å². The summed E-state index contributed by atoms with van der Waals surface area (Å²) in [6.45, 7) is 6.51. The van der Waals surface area contributed by atoms with Gasteiger partial charge in [0.05, 0.1) is 12.2 Å². The highest BCUT2D eigenvalue weighted by molar-refractivity contribution is 5.93. The molecule has 0 radical (unpaired) electrons. The molecule has 4 heteroatoms. The third-order valence-electron chi connectivity index (χ3n) is 7.04. The predicted molar refractivity (Wildman–Crippen MR) is 122 cm³/mol. The SMILES string of the molecule is CN(C)C(=O)c1ccc(OCCCCCC2CCC3(CC2)CC(C)(C)CCO3)cc1. The molecule has 1 aliphatic heterocycles. The van der Waals surface area contributed by atoms with E-state index in [0.717, 1.165) is 31.3 Å². The van der Waals surface area contributed by atoms with Gasteiger partial charge in [-0.05, 0) is 80.5 Å². The fourth-order valence-corrected chi connectivity index (χ4v) is 5.22. The number of hydrogen-bond donors (Lipinski definition) is 0. The second-order valence-electron chi connectivity index (χ2n) is 10.5. The van der Waals surface area contributed by atoms with E-state index in [2.05, 4.69) is 13.8 Å². The molecule has 30 heavy (non-hydrogen) atoms. The molecule has 1 amide bonds. The number of hydrogen-bond acceptors (Lipinski definition) is 3. The first-order valence-electron chi connectivity index (χ1n) is 11.9. The molecular weight excluding hydrogens is 374 g/mol. The van der Waals surface area contributed by atoms with E-state index in [1.54, 1.807) is 19.0 Å². The zero-order valence-corrected chi connectivity index (χ0v) is 19.5. The first-order chi connectivity index (χ1) is 14.3. The lowest BCUT2D eigenvalue weighted by atomic mass is 9.67. The first-order valence-corrected chi connectivity index (χ1v) is 11.9. The van der Waals surface area contributed by atoms with E-state index >= 15 is 0 Å². The van der Waals surface area contributed by atoms with E-state index in [-0.39, 0.29) is 11.5 Å². The van der Waals surface area contributed by atoms with Gasteiger partial charge in [0.25, 0.3) is 5.91 Å². The minimum atomic E-state index is 0.0222. The van der Waals surface area contributed by atoms with Crippen LogP contribution in [0, 0.1) is 11.3 Å². The molecule has 0 atom stereocenters. The Morgan fingerprint density at radius 3 is 2.40 bits per heavy atom. The third kappa shape index (κ3) is 6.47. The quantitative estimate of drug-likeness (QED) is 0.482. The van der Waals surface area contributed by atoms with Crippen molar-refractivity contribution in [3.63, 3.8) is 0 Å². The summed E-state index contributed by atoms with van der Waals surface area (Å²) in [5, 5.41) is 0. The molecule has 168 valence electrons. The van der Waals surface area contributed by atoms with Crippen LogP contribution in [0.2, 0.25) is 0 Å². The van der Waals surface area contributed by atoms with Gasteiger partial charge in [0.2, 0.25) is 0 Å². The van der Waals surface area contributed by atoms with Crippen molar-refractivity contribution in [2.75, 3.05) is 27.3 Å². The van der Waals surface area contributed by atoms with Gasteiger partial charge in [-0.25, -0.2) is 0 Å². The molecule has 1 saturated heterocycles. The molecule has 1 aliphatic carbocycles. The van der Waals surface area contributed by atoms with Gasteiger partial charge in [0.15, 0.2) is 0 Å². The summed E-state index contributed by atoms with van der Waals surface area (Å²) >= 11 is 0. The Kier molecular flexibility index (Phi) is 7.84. The second-order valence-corrected chi connectivity index (χ2v) is 10.5. The standard InChI is InChI=1S/C26H41NO3/c1-25(2)17-19-30-26(20-25)15-13-21(14-16-26)8-6-5-7-18-29-23-11-9-22(10-12-23)24(28)27(3)4/h9-12,21H,5-8,13-20H2,1-4H3. The van der Waals surface area contributed by atoms with Gasteiger partial charge in [-0.3, -0.25) is 4.79 Å². The lowest BCUT2D eigenvalue weighted by Gasteiger charge is -2.48. The van der Waals surface area contributed by atoms with Crippen molar-refractivity contribution < 1.29 is 14.3 Å². The van der Waals surface area contributed by atoms with Crippen LogP contribution in [0.15, 0.2) is 24.3 Å². The second kappa shape index (κ2) is 10.2. The fraction of sp³-hybridized carbons (Fsp3) is 0.731. The summed E-state index contributed by atoms with van der Waals surface area (Å²) < 4.78 is 12.1. The van der Waals surface area contributed by atoms with Gasteiger partial charge in [-0.2, -0.15) is 0 Å². The molecule has 1 spiro atoms. The summed E-state index contributed by atoms with van der Waals surface area (Å²) in [4.78, 5) is 13.5. The summed E-state index contributed by atoms with van der Waals surface area (Å²) in [5.41, 5.74) is 1.34. The normalized spacial score (nSPS) is 25.8. The number of amides is 1. The van der Waals surface area contributed by atoms with Gasteiger partial charge in [0.1, 0.15) is 5.75 Å². The van der Waals surface area contributed by atoms with Crippen LogP contribution < -0.4 is 4.74 Å². The summed E-state index contributed by atoms with van der Waals surface area (Å²) in [6.07, 6.45) is 12.6. The van der Waals surface area contributed by atoms with E-state index in [0.29, 0.717) is 11.0 Å². The number of nitrogens with zero attached hydrogens (tertiary/aromatic N) is 1. The monoisotopic (exact) mass is 415 g/mol. The Bertz CT molecular complexity index is 672. The molecule has 2 aliphatic rings. The number of carbonyl (C=O) groups excluding carboxylic acids is 1.